The molecule has 0 saturated heterocycles. The van der Waals surface area contributed by atoms with E-state index in [9.17, 15) is 0 Å². The van der Waals surface area contributed by atoms with Crippen LogP contribution in [0.2, 0.25) is 0 Å². The Labute approximate surface area is 147 Å². The molecule has 2 unspecified atom stereocenters. The van der Waals surface area contributed by atoms with E-state index in [0.717, 1.165) is 29.0 Å². The van der Waals surface area contributed by atoms with Gasteiger partial charge in [0.15, 0.2) is 0 Å². The van der Waals surface area contributed by atoms with Gasteiger partial charge in [0.25, 0.3) is 0 Å². The molecule has 1 aliphatic rings. The van der Waals surface area contributed by atoms with Crippen molar-refractivity contribution < 1.29 is 0 Å². The molecule has 0 bridgehead atoms. The monoisotopic (exact) mass is 417 g/mol. The molecule has 2 aromatic heterocycles. The van der Waals surface area contributed by atoms with Crippen LogP contribution in [0, 0.1) is 9.49 Å². The van der Waals surface area contributed by atoms with Crippen LogP contribution in [0.15, 0.2) is 48.0 Å². The van der Waals surface area contributed by atoms with Crippen molar-refractivity contribution in [2.45, 2.75) is 19.5 Å². The molecule has 1 aromatic carbocycles. The molecule has 4 rings (SSSR count). The van der Waals surface area contributed by atoms with Crippen LogP contribution in [0.3, 0.4) is 0 Å². The summed E-state index contributed by atoms with van der Waals surface area (Å²) in [6, 6.07) is 6.48. The van der Waals surface area contributed by atoms with E-state index >= 15 is 0 Å². The molecule has 116 valence electrons. The number of H-pyrrole nitrogens is 1. The highest BCUT2D eigenvalue weighted by molar-refractivity contribution is 14.1. The molecule has 0 fully saturated rings. The van der Waals surface area contributed by atoms with E-state index in [1.807, 2.05) is 31.0 Å². The third-order valence-corrected chi connectivity index (χ3v) is 4.83. The molecule has 6 heteroatoms. The maximum atomic E-state index is 4.70. The first-order chi connectivity index (χ1) is 11.2. The summed E-state index contributed by atoms with van der Waals surface area (Å²) in [5.74, 6) is 1.21. The largest absolute Gasteiger partial charge is 0.338 e. The highest BCUT2D eigenvalue weighted by Gasteiger charge is 2.20. The van der Waals surface area contributed by atoms with Crippen LogP contribution < -0.4 is 0 Å². The van der Waals surface area contributed by atoms with Gasteiger partial charge in [0, 0.05) is 40.2 Å². The van der Waals surface area contributed by atoms with Crippen LogP contribution in [0.4, 0.5) is 0 Å². The summed E-state index contributed by atoms with van der Waals surface area (Å²) in [6.45, 7) is 3.02. The van der Waals surface area contributed by atoms with Crippen molar-refractivity contribution >= 4 is 45.4 Å². The number of aromatic amines is 1. The zero-order valence-corrected chi connectivity index (χ0v) is 14.8. The van der Waals surface area contributed by atoms with Crippen molar-refractivity contribution in [2.24, 2.45) is 10.9 Å². The number of aromatic nitrogens is 4. The SMILES string of the molecule is CC1N=CC(c2nc3ccc(I)cc3[nH]2)=CC1Cn1ccnc1. The number of aliphatic imine (C=N–C) groups is 1. The number of fused-ring (bicyclic) bond motifs is 1. The minimum atomic E-state index is 0.256. The van der Waals surface area contributed by atoms with E-state index in [2.05, 4.69) is 67.3 Å². The first-order valence-corrected chi connectivity index (χ1v) is 8.63. The van der Waals surface area contributed by atoms with Gasteiger partial charge in [-0.2, -0.15) is 0 Å². The van der Waals surface area contributed by atoms with Crippen LogP contribution in [-0.2, 0) is 6.54 Å². The summed E-state index contributed by atoms with van der Waals surface area (Å²) in [5, 5.41) is 0. The normalized spacial score (nSPS) is 20.9. The Kier molecular flexibility index (Phi) is 3.76. The molecule has 0 aliphatic carbocycles. The summed E-state index contributed by atoms with van der Waals surface area (Å²) in [4.78, 5) is 16.9. The van der Waals surface area contributed by atoms with Crippen LogP contribution in [0.1, 0.15) is 12.7 Å². The van der Waals surface area contributed by atoms with Crippen molar-refractivity contribution in [1.82, 2.24) is 19.5 Å². The molecule has 0 radical (unpaired) electrons. The highest BCUT2D eigenvalue weighted by atomic mass is 127. The number of hydrogen-bond donors (Lipinski definition) is 1. The second-order valence-electron chi connectivity index (χ2n) is 5.81. The van der Waals surface area contributed by atoms with Gasteiger partial charge in [-0.15, -0.1) is 0 Å². The number of halogens is 1. The summed E-state index contributed by atoms with van der Waals surface area (Å²) in [6.07, 6.45) is 9.84. The second-order valence-corrected chi connectivity index (χ2v) is 7.06. The minimum Gasteiger partial charge on any atom is -0.338 e. The predicted molar refractivity (Wildman–Crippen MR) is 100 cm³/mol. The first kappa shape index (κ1) is 14.6. The van der Waals surface area contributed by atoms with Gasteiger partial charge < -0.3 is 9.55 Å². The fourth-order valence-electron chi connectivity index (χ4n) is 2.82. The van der Waals surface area contributed by atoms with Crippen LogP contribution in [0.5, 0.6) is 0 Å². The van der Waals surface area contributed by atoms with Crippen LogP contribution in [0.25, 0.3) is 16.6 Å². The van der Waals surface area contributed by atoms with Crippen molar-refractivity contribution in [3.05, 3.63) is 52.4 Å². The number of allylic oxidation sites excluding steroid dienone is 1. The summed E-state index contributed by atoms with van der Waals surface area (Å²) >= 11 is 2.31. The number of dihydropyridines is 1. The molecule has 2 atom stereocenters. The van der Waals surface area contributed by atoms with Crippen molar-refractivity contribution in [3.8, 4) is 0 Å². The molecule has 0 amide bonds. The minimum absolute atomic E-state index is 0.256. The molecule has 1 N–H and O–H groups in total. The number of hydrogen-bond acceptors (Lipinski definition) is 3. The zero-order chi connectivity index (χ0) is 15.8. The lowest BCUT2D eigenvalue weighted by Gasteiger charge is -2.22. The van der Waals surface area contributed by atoms with Crippen molar-refractivity contribution in [1.29, 1.82) is 0 Å². The number of benzene rings is 1. The zero-order valence-electron chi connectivity index (χ0n) is 12.6. The predicted octanol–water partition coefficient (Wildman–Crippen LogP) is 3.54. The average Bonchev–Trinajstić information content (AvgIpc) is 3.18. The van der Waals surface area contributed by atoms with Gasteiger partial charge in [-0.25, -0.2) is 9.97 Å². The van der Waals surface area contributed by atoms with Gasteiger partial charge in [0.2, 0.25) is 0 Å². The Bertz CT molecular complexity index is 891. The molecule has 1 aliphatic heterocycles. The smallest absolute Gasteiger partial charge is 0.139 e. The molecule has 0 spiro atoms. The van der Waals surface area contributed by atoms with Gasteiger partial charge in [0.05, 0.1) is 23.4 Å². The molecular formula is C17H16IN5. The lowest BCUT2D eigenvalue weighted by atomic mass is 9.95. The van der Waals surface area contributed by atoms with Gasteiger partial charge in [-0.3, -0.25) is 4.99 Å². The maximum Gasteiger partial charge on any atom is 0.139 e. The van der Waals surface area contributed by atoms with Crippen LogP contribution >= 0.6 is 22.6 Å². The third-order valence-electron chi connectivity index (χ3n) is 4.16. The topological polar surface area (TPSA) is 58.9 Å². The molecule has 23 heavy (non-hydrogen) atoms. The Hall–Kier alpha value is -1.96. The number of nitrogens with one attached hydrogen (secondary N) is 1. The molecule has 3 heterocycles. The molecule has 3 aromatic rings. The average molecular weight is 417 g/mol. The van der Waals surface area contributed by atoms with Gasteiger partial charge >= 0.3 is 0 Å². The maximum absolute atomic E-state index is 4.70. The standard InChI is InChI=1S/C17H16IN5/c1-11-13(9-23-5-4-19-10-23)6-12(8-20-11)17-21-15-3-2-14(18)7-16(15)22-17/h2-8,10-11,13H,9H2,1H3,(H,21,22). The highest BCUT2D eigenvalue weighted by Crippen LogP contribution is 2.25. The van der Waals surface area contributed by atoms with Gasteiger partial charge in [0.1, 0.15) is 5.82 Å². The van der Waals surface area contributed by atoms with Crippen LogP contribution in [-0.4, -0.2) is 31.8 Å². The first-order valence-electron chi connectivity index (χ1n) is 7.55. The van der Waals surface area contributed by atoms with Gasteiger partial charge in [-0.1, -0.05) is 6.08 Å². The van der Waals surface area contributed by atoms with Crippen molar-refractivity contribution in [3.63, 3.8) is 0 Å². The van der Waals surface area contributed by atoms with E-state index in [0.29, 0.717) is 5.92 Å². The molecular weight excluding hydrogens is 401 g/mol. The quantitative estimate of drug-likeness (QED) is 0.663. The number of rotatable bonds is 3. The Morgan fingerprint density at radius 3 is 3.09 bits per heavy atom. The van der Waals surface area contributed by atoms with Crippen molar-refractivity contribution in [2.75, 3.05) is 0 Å². The Morgan fingerprint density at radius 2 is 2.26 bits per heavy atom. The van der Waals surface area contributed by atoms with E-state index in [-0.39, 0.29) is 6.04 Å². The Balaban J connectivity index is 1.67. The third kappa shape index (κ3) is 2.95. The number of nitrogens with zero attached hydrogens (tertiary/aromatic N) is 4. The number of imidazole rings is 2. The van der Waals surface area contributed by atoms with Gasteiger partial charge in [-0.05, 0) is 47.7 Å². The van der Waals surface area contributed by atoms with E-state index in [1.165, 1.54) is 3.57 Å². The summed E-state index contributed by atoms with van der Waals surface area (Å²) < 4.78 is 3.29. The van der Waals surface area contributed by atoms with E-state index in [1.54, 1.807) is 0 Å². The lowest BCUT2D eigenvalue weighted by molar-refractivity contribution is 0.459. The Morgan fingerprint density at radius 1 is 1.35 bits per heavy atom. The molecule has 5 nitrogen and oxygen atoms in total. The summed E-state index contributed by atoms with van der Waals surface area (Å²) in [5.41, 5.74) is 3.10. The molecule has 0 saturated carbocycles. The second kappa shape index (κ2) is 5.92. The van der Waals surface area contributed by atoms with E-state index < -0.39 is 0 Å². The lowest BCUT2D eigenvalue weighted by Crippen LogP contribution is -2.22. The fraction of sp³-hybridized carbons (Fsp3) is 0.235. The summed E-state index contributed by atoms with van der Waals surface area (Å²) in [7, 11) is 0. The van der Waals surface area contributed by atoms with E-state index in [4.69, 9.17) is 4.98 Å². The fourth-order valence-corrected chi connectivity index (χ4v) is 3.31.